The molecule has 4 nitrogen and oxygen atoms in total. The molecule has 0 bridgehead atoms. The van der Waals surface area contributed by atoms with Crippen molar-refractivity contribution >= 4 is 11.7 Å². The van der Waals surface area contributed by atoms with E-state index < -0.39 is 5.97 Å². The summed E-state index contributed by atoms with van der Waals surface area (Å²) >= 11 is 0. The second kappa shape index (κ2) is 7.99. The van der Waals surface area contributed by atoms with Crippen molar-refractivity contribution in [2.24, 2.45) is 5.92 Å². The number of aliphatic carboxylic acids is 1. The summed E-state index contributed by atoms with van der Waals surface area (Å²) in [7, 11) is 0. The van der Waals surface area contributed by atoms with Crippen molar-refractivity contribution in [3.8, 4) is 0 Å². The highest BCUT2D eigenvalue weighted by Crippen LogP contribution is 2.28. The molecule has 2 N–H and O–H groups in total. The van der Waals surface area contributed by atoms with E-state index in [0.717, 1.165) is 38.8 Å². The Morgan fingerprint density at radius 1 is 0.962 bits per heavy atom. The van der Waals surface area contributed by atoms with Crippen molar-refractivity contribution < 1.29 is 9.90 Å². The Kier molecular flexibility index (Phi) is 5.91. The summed E-state index contributed by atoms with van der Waals surface area (Å²) in [6, 6.07) is 10.1. The van der Waals surface area contributed by atoms with Gasteiger partial charge in [-0.15, -0.1) is 0 Å². The number of piperidine rings is 1. The minimum Gasteiger partial charge on any atom is -0.481 e. The van der Waals surface area contributed by atoms with Crippen molar-refractivity contribution in [3.63, 3.8) is 0 Å². The summed E-state index contributed by atoms with van der Waals surface area (Å²) in [4.78, 5) is 13.6. The first-order valence-electron chi connectivity index (χ1n) is 10.2. The average Bonchev–Trinajstić information content (AvgIpc) is 2.62. The van der Waals surface area contributed by atoms with Crippen molar-refractivity contribution in [3.05, 3.63) is 29.8 Å². The third-order valence-corrected chi connectivity index (χ3v) is 6.14. The fraction of sp³-hybridized carbons (Fsp3) is 0.682. The van der Waals surface area contributed by atoms with E-state index in [1.807, 2.05) is 0 Å². The minimum absolute atomic E-state index is 0.119. The summed E-state index contributed by atoms with van der Waals surface area (Å²) in [6.45, 7) is 8.95. The maximum atomic E-state index is 11.1. The van der Waals surface area contributed by atoms with Crippen LogP contribution in [0.1, 0.15) is 64.9 Å². The Labute approximate surface area is 158 Å². The normalized spacial score (nSPS) is 25.3. The number of hydrogen-bond acceptors (Lipinski definition) is 3. The summed E-state index contributed by atoms with van der Waals surface area (Å²) in [5.41, 5.74) is 2.92. The minimum atomic E-state index is -0.616. The lowest BCUT2D eigenvalue weighted by Crippen LogP contribution is -2.47. The summed E-state index contributed by atoms with van der Waals surface area (Å²) in [5.74, 6) is -0.736. The Hall–Kier alpha value is -1.55. The largest absolute Gasteiger partial charge is 0.481 e. The van der Waals surface area contributed by atoms with Gasteiger partial charge in [-0.1, -0.05) is 32.9 Å². The van der Waals surface area contributed by atoms with Crippen LogP contribution in [0.2, 0.25) is 0 Å². The van der Waals surface area contributed by atoms with Crippen molar-refractivity contribution in [2.75, 3.05) is 18.0 Å². The first kappa shape index (κ1) is 19.2. The third-order valence-electron chi connectivity index (χ3n) is 6.14. The van der Waals surface area contributed by atoms with Gasteiger partial charge in [0.1, 0.15) is 0 Å². The molecule has 26 heavy (non-hydrogen) atoms. The third kappa shape index (κ3) is 4.79. The summed E-state index contributed by atoms with van der Waals surface area (Å²) in [5, 5.41) is 12.9. The highest BCUT2D eigenvalue weighted by Gasteiger charge is 2.28. The van der Waals surface area contributed by atoms with E-state index >= 15 is 0 Å². The van der Waals surface area contributed by atoms with E-state index in [2.05, 4.69) is 55.3 Å². The molecule has 1 saturated carbocycles. The van der Waals surface area contributed by atoms with Crippen LogP contribution in [0.25, 0.3) is 0 Å². The summed E-state index contributed by atoms with van der Waals surface area (Å²) in [6.07, 6.45) is 5.99. The lowest BCUT2D eigenvalue weighted by atomic mass is 9.85. The second-order valence-corrected chi connectivity index (χ2v) is 9.11. The molecule has 2 aliphatic rings. The molecule has 0 radical (unpaired) electrons. The number of hydrogen-bond donors (Lipinski definition) is 2. The molecule has 2 fully saturated rings. The topological polar surface area (TPSA) is 52.6 Å². The van der Waals surface area contributed by atoms with Gasteiger partial charge in [-0.05, 0) is 61.6 Å². The zero-order valence-electron chi connectivity index (χ0n) is 16.5. The fourth-order valence-electron chi connectivity index (χ4n) is 4.32. The highest BCUT2D eigenvalue weighted by molar-refractivity contribution is 5.70. The van der Waals surface area contributed by atoms with Crippen molar-refractivity contribution in [1.29, 1.82) is 0 Å². The van der Waals surface area contributed by atoms with Gasteiger partial charge in [-0.3, -0.25) is 4.79 Å². The molecule has 0 aromatic heterocycles. The molecule has 1 heterocycles. The van der Waals surface area contributed by atoms with Gasteiger partial charge in [0.2, 0.25) is 0 Å². The average molecular weight is 359 g/mol. The van der Waals surface area contributed by atoms with E-state index in [9.17, 15) is 4.79 Å². The number of carboxylic acid groups (broad SMARTS) is 1. The maximum Gasteiger partial charge on any atom is 0.306 e. The zero-order chi connectivity index (χ0) is 18.7. The SMILES string of the molecule is CC(C)(C)c1ccc(N2CCC(NC3CCC(C(=O)O)CC3)CC2)cc1. The standard InChI is InChI=1S/C22H34N2O2/c1-22(2,3)17-6-10-20(11-7-17)24-14-12-19(13-15-24)23-18-8-4-16(5-9-18)21(25)26/h6-7,10-11,16,18-19,23H,4-5,8-9,12-15H2,1-3H3,(H,25,26). The molecular formula is C22H34N2O2. The first-order valence-corrected chi connectivity index (χ1v) is 10.2. The predicted molar refractivity (Wildman–Crippen MR) is 107 cm³/mol. The van der Waals surface area contributed by atoms with E-state index in [1.165, 1.54) is 24.1 Å². The van der Waals surface area contributed by atoms with Crippen molar-refractivity contribution in [1.82, 2.24) is 5.32 Å². The Bertz CT molecular complexity index is 590. The quantitative estimate of drug-likeness (QED) is 0.847. The Morgan fingerprint density at radius 2 is 1.50 bits per heavy atom. The van der Waals surface area contributed by atoms with Crippen LogP contribution in [0.4, 0.5) is 5.69 Å². The van der Waals surface area contributed by atoms with E-state index in [0.29, 0.717) is 12.1 Å². The molecule has 0 spiro atoms. The Morgan fingerprint density at radius 3 is 2.00 bits per heavy atom. The number of anilines is 1. The van der Waals surface area contributed by atoms with Crippen LogP contribution in [0.5, 0.6) is 0 Å². The van der Waals surface area contributed by atoms with Gasteiger partial charge in [0.05, 0.1) is 5.92 Å². The highest BCUT2D eigenvalue weighted by atomic mass is 16.4. The molecule has 1 aliphatic carbocycles. The molecule has 1 saturated heterocycles. The zero-order valence-corrected chi connectivity index (χ0v) is 16.5. The lowest BCUT2D eigenvalue weighted by Gasteiger charge is -2.37. The van der Waals surface area contributed by atoms with Gasteiger partial charge in [-0.25, -0.2) is 0 Å². The van der Waals surface area contributed by atoms with Gasteiger partial charge in [0.15, 0.2) is 0 Å². The molecule has 0 atom stereocenters. The van der Waals surface area contributed by atoms with E-state index in [1.54, 1.807) is 0 Å². The molecular weight excluding hydrogens is 324 g/mol. The number of benzene rings is 1. The number of rotatable bonds is 4. The van der Waals surface area contributed by atoms with Crippen molar-refractivity contribution in [2.45, 2.75) is 76.8 Å². The van der Waals surface area contributed by atoms with Crippen LogP contribution in [0.3, 0.4) is 0 Å². The van der Waals surface area contributed by atoms with Gasteiger partial charge in [0.25, 0.3) is 0 Å². The van der Waals surface area contributed by atoms with E-state index in [-0.39, 0.29) is 11.3 Å². The summed E-state index contributed by atoms with van der Waals surface area (Å²) < 4.78 is 0. The monoisotopic (exact) mass is 358 g/mol. The molecule has 144 valence electrons. The van der Waals surface area contributed by atoms with Crippen LogP contribution >= 0.6 is 0 Å². The molecule has 1 aromatic carbocycles. The molecule has 1 aliphatic heterocycles. The first-order chi connectivity index (χ1) is 12.3. The van der Waals surface area contributed by atoms with Crippen LogP contribution in [-0.2, 0) is 10.2 Å². The molecule has 0 unspecified atom stereocenters. The Balaban J connectivity index is 1.45. The van der Waals surface area contributed by atoms with Gasteiger partial charge in [-0.2, -0.15) is 0 Å². The van der Waals surface area contributed by atoms with E-state index in [4.69, 9.17) is 5.11 Å². The van der Waals surface area contributed by atoms with Gasteiger partial charge in [0, 0.05) is 30.9 Å². The molecule has 1 aromatic rings. The molecule has 3 rings (SSSR count). The lowest BCUT2D eigenvalue weighted by molar-refractivity contribution is -0.142. The maximum absolute atomic E-state index is 11.1. The van der Waals surface area contributed by atoms with Crippen LogP contribution in [0, 0.1) is 5.92 Å². The van der Waals surface area contributed by atoms with Gasteiger partial charge < -0.3 is 15.3 Å². The second-order valence-electron chi connectivity index (χ2n) is 9.11. The smallest absolute Gasteiger partial charge is 0.306 e. The van der Waals surface area contributed by atoms with Crippen LogP contribution in [-0.4, -0.2) is 36.2 Å². The predicted octanol–water partition coefficient (Wildman–Crippen LogP) is 4.19. The fourth-order valence-corrected chi connectivity index (χ4v) is 4.32. The van der Waals surface area contributed by atoms with Gasteiger partial charge >= 0.3 is 5.97 Å². The molecule has 4 heteroatoms. The van der Waals surface area contributed by atoms with Crippen LogP contribution < -0.4 is 10.2 Å². The number of carbonyl (C=O) groups is 1. The van der Waals surface area contributed by atoms with Crippen LogP contribution in [0.15, 0.2) is 24.3 Å². The number of carboxylic acids is 1. The number of nitrogens with zero attached hydrogens (tertiary/aromatic N) is 1. The number of nitrogens with one attached hydrogen (secondary N) is 1. The molecule has 0 amide bonds.